The van der Waals surface area contributed by atoms with Crippen molar-refractivity contribution in [2.24, 2.45) is 0 Å². The zero-order chi connectivity index (χ0) is 15.5. The smallest absolute Gasteiger partial charge is 0.412 e. The maximum Gasteiger partial charge on any atom is 0.412 e. The van der Waals surface area contributed by atoms with Crippen LogP contribution in [0.4, 0.5) is 10.5 Å². The number of rotatable bonds is 3. The number of carboxylic acid groups (broad SMARTS) is 1. The molecule has 1 atom stereocenters. The standard InChI is InChI=1S/C14H19NO5/c1-8(12(17)18)10-7-9(16)5-6-11(10)15-13(19)20-14(2,3)4/h5-8,16H,1-4H3,(H,15,19)(H,17,18). The number of nitrogens with one attached hydrogen (secondary N) is 1. The van der Waals surface area contributed by atoms with E-state index in [0.29, 0.717) is 11.3 Å². The molecule has 1 amide bonds. The van der Waals surface area contributed by atoms with E-state index in [4.69, 9.17) is 9.84 Å². The molecule has 0 saturated carbocycles. The fourth-order valence-electron chi connectivity index (χ4n) is 1.57. The van der Waals surface area contributed by atoms with Crippen LogP contribution in [-0.4, -0.2) is 27.9 Å². The number of carbonyl (C=O) groups excluding carboxylic acids is 1. The van der Waals surface area contributed by atoms with Crippen molar-refractivity contribution in [1.29, 1.82) is 0 Å². The molecule has 1 unspecified atom stereocenters. The van der Waals surface area contributed by atoms with Crippen molar-refractivity contribution in [2.75, 3.05) is 5.32 Å². The van der Waals surface area contributed by atoms with Gasteiger partial charge in [0.2, 0.25) is 0 Å². The molecule has 0 saturated heterocycles. The van der Waals surface area contributed by atoms with Gasteiger partial charge in [0, 0.05) is 5.69 Å². The summed E-state index contributed by atoms with van der Waals surface area (Å²) in [6.07, 6.45) is -0.679. The number of aromatic hydroxyl groups is 1. The number of aliphatic carboxylic acids is 1. The highest BCUT2D eigenvalue weighted by Crippen LogP contribution is 2.29. The Kier molecular flexibility index (Phi) is 4.60. The van der Waals surface area contributed by atoms with Gasteiger partial charge in [-0.1, -0.05) is 0 Å². The minimum absolute atomic E-state index is 0.0668. The molecule has 20 heavy (non-hydrogen) atoms. The summed E-state index contributed by atoms with van der Waals surface area (Å²) in [5.41, 5.74) is -0.0464. The number of carbonyl (C=O) groups is 2. The van der Waals surface area contributed by atoms with Crippen LogP contribution < -0.4 is 5.32 Å². The van der Waals surface area contributed by atoms with E-state index in [9.17, 15) is 14.7 Å². The third kappa shape index (κ3) is 4.46. The maximum absolute atomic E-state index is 11.7. The molecule has 0 heterocycles. The van der Waals surface area contributed by atoms with Crippen LogP contribution in [0.5, 0.6) is 5.75 Å². The lowest BCUT2D eigenvalue weighted by molar-refractivity contribution is -0.138. The number of hydrogen-bond donors (Lipinski definition) is 3. The number of hydrogen-bond acceptors (Lipinski definition) is 4. The first-order valence-corrected chi connectivity index (χ1v) is 6.16. The second-order valence-corrected chi connectivity index (χ2v) is 5.46. The first-order chi connectivity index (χ1) is 9.10. The van der Waals surface area contributed by atoms with E-state index < -0.39 is 23.6 Å². The Morgan fingerprint density at radius 2 is 1.90 bits per heavy atom. The monoisotopic (exact) mass is 281 g/mol. The third-order valence-corrected chi connectivity index (χ3v) is 2.51. The number of anilines is 1. The van der Waals surface area contributed by atoms with Gasteiger partial charge in [-0.3, -0.25) is 10.1 Å². The van der Waals surface area contributed by atoms with Gasteiger partial charge < -0.3 is 14.9 Å². The molecular formula is C14H19NO5. The SMILES string of the molecule is CC(C(=O)O)c1cc(O)ccc1NC(=O)OC(C)(C)C. The van der Waals surface area contributed by atoms with E-state index in [1.54, 1.807) is 20.8 Å². The summed E-state index contributed by atoms with van der Waals surface area (Å²) in [7, 11) is 0. The summed E-state index contributed by atoms with van der Waals surface area (Å²) in [5.74, 6) is -1.99. The van der Waals surface area contributed by atoms with E-state index in [0.717, 1.165) is 0 Å². The molecule has 0 fully saturated rings. The minimum atomic E-state index is -1.05. The van der Waals surface area contributed by atoms with Crippen molar-refractivity contribution >= 4 is 17.7 Å². The van der Waals surface area contributed by atoms with Crippen molar-refractivity contribution in [3.05, 3.63) is 23.8 Å². The molecule has 1 rings (SSSR count). The molecule has 1 aromatic carbocycles. The van der Waals surface area contributed by atoms with Crippen LogP contribution in [0.15, 0.2) is 18.2 Å². The van der Waals surface area contributed by atoms with Gasteiger partial charge in [0.25, 0.3) is 0 Å². The van der Waals surface area contributed by atoms with Gasteiger partial charge in [-0.05, 0) is 51.5 Å². The van der Waals surface area contributed by atoms with E-state index in [1.807, 2.05) is 0 Å². The molecule has 6 nitrogen and oxygen atoms in total. The van der Waals surface area contributed by atoms with Crippen molar-refractivity contribution < 1.29 is 24.5 Å². The van der Waals surface area contributed by atoms with Gasteiger partial charge in [-0.25, -0.2) is 4.79 Å². The third-order valence-electron chi connectivity index (χ3n) is 2.51. The summed E-state index contributed by atoms with van der Waals surface area (Å²) in [4.78, 5) is 22.8. The molecule has 3 N–H and O–H groups in total. The predicted octanol–water partition coefficient (Wildman–Crippen LogP) is 2.93. The second kappa shape index (κ2) is 5.81. The van der Waals surface area contributed by atoms with Gasteiger partial charge >= 0.3 is 12.1 Å². The second-order valence-electron chi connectivity index (χ2n) is 5.46. The van der Waals surface area contributed by atoms with Crippen LogP contribution in [0.25, 0.3) is 0 Å². The Balaban J connectivity index is 3.00. The van der Waals surface area contributed by atoms with Crippen LogP contribution >= 0.6 is 0 Å². The molecule has 110 valence electrons. The Hall–Kier alpha value is -2.24. The lowest BCUT2D eigenvalue weighted by Gasteiger charge is -2.21. The first-order valence-electron chi connectivity index (χ1n) is 6.16. The average Bonchev–Trinajstić information content (AvgIpc) is 2.27. The topological polar surface area (TPSA) is 95.9 Å². The van der Waals surface area contributed by atoms with Crippen LogP contribution in [-0.2, 0) is 9.53 Å². The Bertz CT molecular complexity index is 519. The quantitative estimate of drug-likeness (QED) is 0.740. The van der Waals surface area contributed by atoms with Crippen LogP contribution in [0.2, 0.25) is 0 Å². The molecule has 6 heteroatoms. The lowest BCUT2D eigenvalue weighted by atomic mass is 9.99. The zero-order valence-electron chi connectivity index (χ0n) is 11.9. The molecule has 0 bridgehead atoms. The van der Waals surface area contributed by atoms with E-state index >= 15 is 0 Å². The average molecular weight is 281 g/mol. The van der Waals surface area contributed by atoms with Crippen LogP contribution in [0, 0.1) is 0 Å². The Morgan fingerprint density at radius 3 is 2.40 bits per heavy atom. The molecule has 0 aromatic heterocycles. The van der Waals surface area contributed by atoms with Gasteiger partial charge in [-0.2, -0.15) is 0 Å². The normalized spacial score (nSPS) is 12.6. The summed E-state index contributed by atoms with van der Waals surface area (Å²) < 4.78 is 5.11. The van der Waals surface area contributed by atoms with Crippen LogP contribution in [0.1, 0.15) is 39.2 Å². The highest BCUT2D eigenvalue weighted by Gasteiger charge is 2.21. The van der Waals surface area contributed by atoms with E-state index in [1.165, 1.54) is 25.1 Å². The Morgan fingerprint density at radius 1 is 1.30 bits per heavy atom. The number of carboxylic acids is 1. The molecule has 0 aliphatic heterocycles. The maximum atomic E-state index is 11.7. The fraction of sp³-hybridized carbons (Fsp3) is 0.429. The molecule has 0 aliphatic carbocycles. The number of benzene rings is 1. The Labute approximate surface area is 117 Å². The highest BCUT2D eigenvalue weighted by molar-refractivity contribution is 5.88. The summed E-state index contributed by atoms with van der Waals surface area (Å²) in [6.45, 7) is 6.65. The van der Waals surface area contributed by atoms with Gasteiger partial charge in [-0.15, -0.1) is 0 Å². The number of phenolic OH excluding ortho intramolecular Hbond substituents is 1. The lowest BCUT2D eigenvalue weighted by Crippen LogP contribution is -2.27. The van der Waals surface area contributed by atoms with E-state index in [-0.39, 0.29) is 5.75 Å². The number of amides is 1. The minimum Gasteiger partial charge on any atom is -0.508 e. The van der Waals surface area contributed by atoms with Crippen molar-refractivity contribution in [2.45, 2.75) is 39.2 Å². The molecule has 0 spiro atoms. The van der Waals surface area contributed by atoms with Gasteiger partial charge in [0.05, 0.1) is 5.92 Å². The van der Waals surface area contributed by atoms with Gasteiger partial charge in [0.15, 0.2) is 0 Å². The fourth-order valence-corrected chi connectivity index (χ4v) is 1.57. The highest BCUT2D eigenvalue weighted by atomic mass is 16.6. The number of ether oxygens (including phenoxy) is 1. The summed E-state index contributed by atoms with van der Waals surface area (Å²) in [5, 5.41) is 21.0. The molecule has 1 aromatic rings. The summed E-state index contributed by atoms with van der Waals surface area (Å²) in [6, 6.07) is 4.12. The van der Waals surface area contributed by atoms with Crippen LogP contribution in [0.3, 0.4) is 0 Å². The van der Waals surface area contributed by atoms with E-state index in [2.05, 4.69) is 5.32 Å². The van der Waals surface area contributed by atoms with Crippen molar-refractivity contribution in [3.8, 4) is 5.75 Å². The molecule has 0 radical (unpaired) electrons. The predicted molar refractivity (Wildman–Crippen MR) is 74.0 cm³/mol. The van der Waals surface area contributed by atoms with Crippen molar-refractivity contribution in [1.82, 2.24) is 0 Å². The zero-order valence-corrected chi connectivity index (χ0v) is 11.9. The van der Waals surface area contributed by atoms with Gasteiger partial charge in [0.1, 0.15) is 11.4 Å². The first kappa shape index (κ1) is 15.8. The van der Waals surface area contributed by atoms with Crippen molar-refractivity contribution in [3.63, 3.8) is 0 Å². The molecule has 0 aliphatic rings. The number of phenols is 1. The largest absolute Gasteiger partial charge is 0.508 e. The molecular weight excluding hydrogens is 262 g/mol. The summed E-state index contributed by atoms with van der Waals surface area (Å²) >= 11 is 0.